The van der Waals surface area contributed by atoms with Crippen LogP contribution in [-0.4, -0.2) is 40.4 Å². The van der Waals surface area contributed by atoms with Gasteiger partial charge in [-0.3, -0.25) is 14.4 Å². The lowest BCUT2D eigenvalue weighted by Gasteiger charge is -2.36. The molecule has 0 saturated heterocycles. The van der Waals surface area contributed by atoms with Crippen molar-refractivity contribution in [3.63, 3.8) is 0 Å². The predicted octanol–water partition coefficient (Wildman–Crippen LogP) is 2.60. The summed E-state index contributed by atoms with van der Waals surface area (Å²) in [6.07, 6.45) is 2.10. The maximum atomic E-state index is 12.8. The number of carboxylic acids is 1. The molecule has 6 heteroatoms. The number of amides is 2. The number of aliphatic carboxylic acids is 1. The van der Waals surface area contributed by atoms with Crippen molar-refractivity contribution in [3.8, 4) is 0 Å². The van der Waals surface area contributed by atoms with Gasteiger partial charge in [-0.2, -0.15) is 0 Å². The van der Waals surface area contributed by atoms with Crippen molar-refractivity contribution in [1.82, 2.24) is 10.2 Å². The van der Waals surface area contributed by atoms with Gasteiger partial charge in [0, 0.05) is 25.9 Å². The van der Waals surface area contributed by atoms with Gasteiger partial charge in [-0.15, -0.1) is 0 Å². The van der Waals surface area contributed by atoms with Gasteiger partial charge in [-0.05, 0) is 23.5 Å². The van der Waals surface area contributed by atoms with Crippen LogP contribution in [0, 0.1) is 11.8 Å². The van der Waals surface area contributed by atoms with Crippen LogP contribution < -0.4 is 5.32 Å². The predicted molar refractivity (Wildman–Crippen MR) is 103 cm³/mol. The van der Waals surface area contributed by atoms with Crippen LogP contribution in [0.3, 0.4) is 0 Å². The second kappa shape index (κ2) is 9.53. The molecule has 148 valence electrons. The first kappa shape index (κ1) is 20.9. The Kier molecular flexibility index (Phi) is 7.39. The maximum Gasteiger partial charge on any atom is 0.308 e. The van der Waals surface area contributed by atoms with E-state index >= 15 is 0 Å². The number of rotatable bonds is 8. The van der Waals surface area contributed by atoms with Gasteiger partial charge < -0.3 is 15.3 Å². The van der Waals surface area contributed by atoms with Crippen molar-refractivity contribution in [2.45, 2.75) is 59.0 Å². The third-order valence-electron chi connectivity index (χ3n) is 4.96. The number of nitrogens with one attached hydrogen (secondary N) is 1. The Morgan fingerprint density at radius 2 is 1.89 bits per heavy atom. The Labute approximate surface area is 160 Å². The van der Waals surface area contributed by atoms with E-state index in [0.717, 1.165) is 17.5 Å². The van der Waals surface area contributed by atoms with Crippen LogP contribution in [0.15, 0.2) is 24.3 Å². The number of carbonyl (C=O) groups excluding carboxylic acids is 2. The van der Waals surface area contributed by atoms with Crippen LogP contribution in [0.5, 0.6) is 0 Å². The molecule has 1 aliphatic heterocycles. The van der Waals surface area contributed by atoms with Gasteiger partial charge in [0.15, 0.2) is 0 Å². The van der Waals surface area contributed by atoms with Crippen molar-refractivity contribution in [2.75, 3.05) is 6.54 Å². The molecule has 2 amide bonds. The van der Waals surface area contributed by atoms with Gasteiger partial charge in [0.05, 0.1) is 5.92 Å². The van der Waals surface area contributed by atoms with E-state index in [-0.39, 0.29) is 24.3 Å². The van der Waals surface area contributed by atoms with Gasteiger partial charge in [-0.25, -0.2) is 0 Å². The monoisotopic (exact) mass is 374 g/mol. The summed E-state index contributed by atoms with van der Waals surface area (Å²) in [5.74, 6) is -1.61. The molecule has 1 aromatic rings. The van der Waals surface area contributed by atoms with Crippen molar-refractivity contribution in [3.05, 3.63) is 35.4 Å². The van der Waals surface area contributed by atoms with E-state index in [9.17, 15) is 19.5 Å². The third kappa shape index (κ3) is 5.55. The Bertz CT molecular complexity index is 687. The first-order chi connectivity index (χ1) is 12.8. The average molecular weight is 374 g/mol. The molecule has 6 nitrogen and oxygen atoms in total. The molecule has 1 heterocycles. The minimum Gasteiger partial charge on any atom is -0.481 e. The Hall–Kier alpha value is -2.37. The highest BCUT2D eigenvalue weighted by molar-refractivity contribution is 5.88. The second-order valence-corrected chi connectivity index (χ2v) is 7.68. The molecule has 2 unspecified atom stereocenters. The zero-order valence-electron chi connectivity index (χ0n) is 16.4. The summed E-state index contributed by atoms with van der Waals surface area (Å²) < 4.78 is 0. The number of fused-ring (bicyclic) bond motifs is 1. The SMILES string of the molecule is CCCC(CNC(=O)C1Cc2ccccc2CN1C(=O)CC(C)C)C(=O)O. The first-order valence-corrected chi connectivity index (χ1v) is 9.70. The van der Waals surface area contributed by atoms with E-state index in [1.165, 1.54) is 0 Å². The van der Waals surface area contributed by atoms with E-state index in [2.05, 4.69) is 5.32 Å². The van der Waals surface area contributed by atoms with E-state index in [1.807, 2.05) is 45.0 Å². The highest BCUT2D eigenvalue weighted by atomic mass is 16.4. The van der Waals surface area contributed by atoms with Crippen LogP contribution in [0.25, 0.3) is 0 Å². The molecular formula is C21H30N2O4. The fourth-order valence-corrected chi connectivity index (χ4v) is 3.49. The minimum atomic E-state index is -0.904. The molecule has 0 saturated carbocycles. The zero-order valence-corrected chi connectivity index (χ0v) is 16.4. The molecule has 0 bridgehead atoms. The minimum absolute atomic E-state index is 0.0389. The van der Waals surface area contributed by atoms with Crippen LogP contribution >= 0.6 is 0 Å². The van der Waals surface area contributed by atoms with Gasteiger partial charge in [0.25, 0.3) is 0 Å². The molecule has 1 aliphatic rings. The normalized spacial score (nSPS) is 17.3. The van der Waals surface area contributed by atoms with Crippen LogP contribution in [0.4, 0.5) is 0 Å². The van der Waals surface area contributed by atoms with E-state index in [4.69, 9.17) is 0 Å². The van der Waals surface area contributed by atoms with Crippen LogP contribution in [0.2, 0.25) is 0 Å². The topological polar surface area (TPSA) is 86.7 Å². The first-order valence-electron chi connectivity index (χ1n) is 9.70. The summed E-state index contributed by atoms with van der Waals surface area (Å²) in [5.41, 5.74) is 2.13. The fraction of sp³-hybridized carbons (Fsp3) is 0.571. The molecule has 2 N–H and O–H groups in total. The Morgan fingerprint density at radius 3 is 2.48 bits per heavy atom. The number of hydrogen-bond acceptors (Lipinski definition) is 3. The summed E-state index contributed by atoms with van der Waals surface area (Å²) in [4.78, 5) is 38.5. The van der Waals surface area contributed by atoms with Gasteiger partial charge in [0.1, 0.15) is 6.04 Å². The van der Waals surface area contributed by atoms with Crippen molar-refractivity contribution >= 4 is 17.8 Å². The summed E-state index contributed by atoms with van der Waals surface area (Å²) in [7, 11) is 0. The second-order valence-electron chi connectivity index (χ2n) is 7.68. The number of carbonyl (C=O) groups is 3. The highest BCUT2D eigenvalue weighted by Gasteiger charge is 2.34. The van der Waals surface area contributed by atoms with E-state index < -0.39 is 17.9 Å². The molecule has 2 rings (SSSR count). The quantitative estimate of drug-likeness (QED) is 0.732. The number of hydrogen-bond donors (Lipinski definition) is 2. The van der Waals surface area contributed by atoms with E-state index in [1.54, 1.807) is 4.90 Å². The highest BCUT2D eigenvalue weighted by Crippen LogP contribution is 2.25. The van der Waals surface area contributed by atoms with Crippen LogP contribution in [-0.2, 0) is 27.3 Å². The fourth-order valence-electron chi connectivity index (χ4n) is 3.49. The average Bonchev–Trinajstić information content (AvgIpc) is 2.62. The lowest BCUT2D eigenvalue weighted by atomic mass is 9.92. The molecule has 2 atom stereocenters. The number of benzene rings is 1. The zero-order chi connectivity index (χ0) is 20.0. The molecule has 0 radical (unpaired) electrons. The molecule has 27 heavy (non-hydrogen) atoms. The summed E-state index contributed by atoms with van der Waals surface area (Å²) in [6.45, 7) is 6.38. The standard InChI is InChI=1S/C21H30N2O4/c1-4-7-16(21(26)27)12-22-20(25)18-11-15-8-5-6-9-17(15)13-23(18)19(24)10-14(2)3/h5-6,8-9,14,16,18H,4,7,10-13H2,1-3H3,(H,22,25)(H,26,27). The Morgan fingerprint density at radius 1 is 1.22 bits per heavy atom. The molecular weight excluding hydrogens is 344 g/mol. The van der Waals surface area contributed by atoms with Crippen molar-refractivity contribution < 1.29 is 19.5 Å². The number of carboxylic acid groups (broad SMARTS) is 1. The molecule has 0 aliphatic carbocycles. The van der Waals surface area contributed by atoms with Gasteiger partial charge in [-0.1, -0.05) is 51.5 Å². The van der Waals surface area contributed by atoms with E-state index in [0.29, 0.717) is 25.8 Å². The Balaban J connectivity index is 2.15. The van der Waals surface area contributed by atoms with Gasteiger partial charge >= 0.3 is 5.97 Å². The molecule has 0 fully saturated rings. The van der Waals surface area contributed by atoms with Crippen molar-refractivity contribution in [1.29, 1.82) is 0 Å². The van der Waals surface area contributed by atoms with Crippen molar-refractivity contribution in [2.24, 2.45) is 11.8 Å². The lowest BCUT2D eigenvalue weighted by molar-refractivity contribution is -0.144. The number of nitrogens with zero attached hydrogens (tertiary/aromatic N) is 1. The molecule has 0 aromatic heterocycles. The molecule has 0 spiro atoms. The lowest BCUT2D eigenvalue weighted by Crippen LogP contribution is -2.53. The summed E-state index contributed by atoms with van der Waals surface area (Å²) in [6, 6.07) is 7.24. The molecule has 1 aromatic carbocycles. The smallest absolute Gasteiger partial charge is 0.308 e. The van der Waals surface area contributed by atoms with Crippen LogP contribution in [0.1, 0.15) is 51.2 Å². The third-order valence-corrected chi connectivity index (χ3v) is 4.96. The summed E-state index contributed by atoms with van der Waals surface area (Å²) in [5, 5.41) is 12.1. The largest absolute Gasteiger partial charge is 0.481 e. The van der Waals surface area contributed by atoms with Gasteiger partial charge in [0.2, 0.25) is 11.8 Å². The summed E-state index contributed by atoms with van der Waals surface area (Å²) >= 11 is 0. The maximum absolute atomic E-state index is 12.8.